The smallest absolute Gasteiger partial charge is 0.271 e. The van der Waals surface area contributed by atoms with Crippen LogP contribution in [0, 0.1) is 0 Å². The number of benzene rings is 2. The summed E-state index contributed by atoms with van der Waals surface area (Å²) in [5, 5.41) is 13.0. The molecule has 1 amide bonds. The summed E-state index contributed by atoms with van der Waals surface area (Å²) in [7, 11) is 0. The maximum absolute atomic E-state index is 11.8. The summed E-state index contributed by atoms with van der Waals surface area (Å²) < 4.78 is 10.5. The van der Waals surface area contributed by atoms with Gasteiger partial charge in [0.1, 0.15) is 5.75 Å². The highest BCUT2D eigenvalue weighted by Crippen LogP contribution is 2.31. The molecule has 0 atom stereocenters. The third-order valence-electron chi connectivity index (χ3n) is 2.91. The van der Waals surface area contributed by atoms with Crippen molar-refractivity contribution in [1.29, 1.82) is 0 Å². The Morgan fingerprint density at radius 2 is 1.90 bits per heavy atom. The molecule has 2 aromatic rings. The first-order valence-corrected chi connectivity index (χ1v) is 6.24. The fourth-order valence-electron chi connectivity index (χ4n) is 1.84. The minimum Gasteiger partial charge on any atom is -0.508 e. The van der Waals surface area contributed by atoms with Gasteiger partial charge in [0.25, 0.3) is 5.91 Å². The lowest BCUT2D eigenvalue weighted by molar-refractivity contribution is 0.0955. The molecule has 106 valence electrons. The van der Waals surface area contributed by atoms with Crippen LogP contribution in [0.4, 0.5) is 0 Å². The zero-order valence-electron chi connectivity index (χ0n) is 10.9. The maximum Gasteiger partial charge on any atom is 0.271 e. The molecule has 0 aliphatic carbocycles. The molecule has 0 saturated heterocycles. The Morgan fingerprint density at radius 1 is 1.14 bits per heavy atom. The Balaban J connectivity index is 1.64. The highest BCUT2D eigenvalue weighted by atomic mass is 16.7. The monoisotopic (exact) mass is 284 g/mol. The lowest BCUT2D eigenvalue weighted by Gasteiger charge is -2.00. The number of fused-ring (bicyclic) bond motifs is 1. The number of hydrogen-bond acceptors (Lipinski definition) is 5. The van der Waals surface area contributed by atoms with Gasteiger partial charge in [0.05, 0.1) is 6.21 Å². The average molecular weight is 284 g/mol. The van der Waals surface area contributed by atoms with Gasteiger partial charge in [0, 0.05) is 5.56 Å². The molecule has 0 unspecified atom stereocenters. The van der Waals surface area contributed by atoms with E-state index in [0.717, 1.165) is 5.56 Å². The molecule has 21 heavy (non-hydrogen) atoms. The van der Waals surface area contributed by atoms with Crippen molar-refractivity contribution in [1.82, 2.24) is 5.43 Å². The van der Waals surface area contributed by atoms with Crippen LogP contribution in [0.5, 0.6) is 17.2 Å². The Labute approximate surface area is 120 Å². The quantitative estimate of drug-likeness (QED) is 0.666. The Morgan fingerprint density at radius 3 is 2.71 bits per heavy atom. The minimum absolute atomic E-state index is 0.107. The van der Waals surface area contributed by atoms with Crippen molar-refractivity contribution in [3.8, 4) is 17.2 Å². The van der Waals surface area contributed by atoms with E-state index < -0.39 is 0 Å². The summed E-state index contributed by atoms with van der Waals surface area (Å²) in [6.45, 7) is 0.216. The van der Waals surface area contributed by atoms with E-state index in [2.05, 4.69) is 10.5 Å². The second kappa shape index (κ2) is 5.54. The number of phenols is 1. The zero-order valence-corrected chi connectivity index (χ0v) is 10.9. The molecular weight excluding hydrogens is 272 g/mol. The van der Waals surface area contributed by atoms with Crippen LogP contribution in [-0.2, 0) is 0 Å². The third kappa shape index (κ3) is 2.94. The van der Waals surface area contributed by atoms with Crippen LogP contribution in [0.2, 0.25) is 0 Å². The molecule has 0 aromatic heterocycles. The standard InChI is InChI=1S/C15H12N2O4/c18-12-4-2-11(3-5-12)15(19)17-16-8-10-1-6-13-14(7-10)21-9-20-13/h1-8,18H,9H2,(H,17,19)/b16-8+. The summed E-state index contributed by atoms with van der Waals surface area (Å²) in [6, 6.07) is 11.3. The van der Waals surface area contributed by atoms with Crippen LogP contribution in [0.15, 0.2) is 47.6 Å². The van der Waals surface area contributed by atoms with Gasteiger partial charge in [-0.2, -0.15) is 5.10 Å². The average Bonchev–Trinajstić information content (AvgIpc) is 2.95. The summed E-state index contributed by atoms with van der Waals surface area (Å²) in [6.07, 6.45) is 1.51. The van der Waals surface area contributed by atoms with Gasteiger partial charge in [-0.25, -0.2) is 5.43 Å². The number of hydrogen-bond donors (Lipinski definition) is 2. The van der Waals surface area contributed by atoms with Gasteiger partial charge in [-0.3, -0.25) is 4.79 Å². The molecule has 0 spiro atoms. The molecule has 6 nitrogen and oxygen atoms in total. The number of hydrazone groups is 1. The number of phenolic OH excluding ortho intramolecular Hbond substituents is 1. The van der Waals surface area contributed by atoms with E-state index in [1.54, 1.807) is 12.1 Å². The number of rotatable bonds is 3. The Bertz CT molecular complexity index is 695. The molecular formula is C15H12N2O4. The van der Waals surface area contributed by atoms with Crippen molar-refractivity contribution in [2.75, 3.05) is 6.79 Å². The number of carbonyl (C=O) groups is 1. The van der Waals surface area contributed by atoms with Gasteiger partial charge in [-0.05, 0) is 48.0 Å². The second-order valence-electron chi connectivity index (χ2n) is 4.36. The lowest BCUT2D eigenvalue weighted by atomic mass is 10.2. The van der Waals surface area contributed by atoms with E-state index in [9.17, 15) is 4.79 Å². The number of carbonyl (C=O) groups excluding carboxylic acids is 1. The molecule has 2 aromatic carbocycles. The first-order valence-electron chi connectivity index (χ1n) is 6.24. The van der Waals surface area contributed by atoms with Crippen molar-refractivity contribution >= 4 is 12.1 Å². The Hall–Kier alpha value is -3.02. The molecule has 1 heterocycles. The van der Waals surface area contributed by atoms with Gasteiger partial charge in [-0.1, -0.05) is 0 Å². The third-order valence-corrected chi connectivity index (χ3v) is 2.91. The molecule has 0 bridgehead atoms. The summed E-state index contributed by atoms with van der Waals surface area (Å²) in [4.78, 5) is 11.8. The minimum atomic E-state index is -0.355. The summed E-state index contributed by atoms with van der Waals surface area (Å²) in [5.74, 6) is 1.10. The van der Waals surface area contributed by atoms with E-state index in [1.807, 2.05) is 6.07 Å². The fraction of sp³-hybridized carbons (Fsp3) is 0.0667. The molecule has 6 heteroatoms. The van der Waals surface area contributed by atoms with E-state index in [-0.39, 0.29) is 18.4 Å². The van der Waals surface area contributed by atoms with Crippen LogP contribution in [0.1, 0.15) is 15.9 Å². The van der Waals surface area contributed by atoms with Crippen LogP contribution in [0.25, 0.3) is 0 Å². The van der Waals surface area contributed by atoms with Crippen molar-refractivity contribution in [3.05, 3.63) is 53.6 Å². The Kier molecular flexibility index (Phi) is 3.42. The molecule has 1 aliphatic heterocycles. The van der Waals surface area contributed by atoms with Crippen LogP contribution < -0.4 is 14.9 Å². The zero-order chi connectivity index (χ0) is 14.7. The van der Waals surface area contributed by atoms with E-state index in [1.165, 1.54) is 30.5 Å². The van der Waals surface area contributed by atoms with Gasteiger partial charge in [0.2, 0.25) is 6.79 Å². The molecule has 0 fully saturated rings. The molecule has 0 radical (unpaired) electrons. The van der Waals surface area contributed by atoms with Gasteiger partial charge >= 0.3 is 0 Å². The van der Waals surface area contributed by atoms with Crippen LogP contribution in [0.3, 0.4) is 0 Å². The van der Waals surface area contributed by atoms with Crippen molar-refractivity contribution in [3.63, 3.8) is 0 Å². The molecule has 1 aliphatic rings. The number of ether oxygens (including phenoxy) is 2. The van der Waals surface area contributed by atoms with E-state index in [0.29, 0.717) is 17.1 Å². The number of nitrogens with one attached hydrogen (secondary N) is 1. The highest BCUT2D eigenvalue weighted by Gasteiger charge is 2.12. The van der Waals surface area contributed by atoms with Gasteiger partial charge in [0.15, 0.2) is 11.5 Å². The van der Waals surface area contributed by atoms with Gasteiger partial charge in [-0.15, -0.1) is 0 Å². The molecule has 0 saturated carbocycles. The fourth-order valence-corrected chi connectivity index (χ4v) is 1.84. The number of nitrogens with zero attached hydrogens (tertiary/aromatic N) is 1. The highest BCUT2D eigenvalue weighted by molar-refractivity contribution is 5.95. The first-order chi connectivity index (χ1) is 10.2. The van der Waals surface area contributed by atoms with Crippen molar-refractivity contribution in [2.45, 2.75) is 0 Å². The van der Waals surface area contributed by atoms with Crippen LogP contribution in [-0.4, -0.2) is 24.0 Å². The number of amides is 1. The van der Waals surface area contributed by atoms with E-state index in [4.69, 9.17) is 14.6 Å². The molecule has 3 rings (SSSR count). The topological polar surface area (TPSA) is 80.2 Å². The van der Waals surface area contributed by atoms with Crippen molar-refractivity contribution < 1.29 is 19.4 Å². The largest absolute Gasteiger partial charge is 0.508 e. The predicted molar refractivity (Wildman–Crippen MR) is 75.7 cm³/mol. The maximum atomic E-state index is 11.8. The van der Waals surface area contributed by atoms with Crippen molar-refractivity contribution in [2.24, 2.45) is 5.10 Å². The summed E-state index contributed by atoms with van der Waals surface area (Å²) >= 11 is 0. The normalized spacial score (nSPS) is 12.6. The number of aromatic hydroxyl groups is 1. The predicted octanol–water partition coefficient (Wildman–Crippen LogP) is 1.88. The molecule has 2 N–H and O–H groups in total. The van der Waals surface area contributed by atoms with E-state index >= 15 is 0 Å². The van der Waals surface area contributed by atoms with Crippen LogP contribution >= 0.6 is 0 Å². The van der Waals surface area contributed by atoms with Gasteiger partial charge < -0.3 is 14.6 Å². The SMILES string of the molecule is O=C(N/N=C/c1ccc2c(c1)OCO2)c1ccc(O)cc1. The second-order valence-corrected chi connectivity index (χ2v) is 4.36. The summed E-state index contributed by atoms with van der Waals surface area (Å²) in [5.41, 5.74) is 3.61. The lowest BCUT2D eigenvalue weighted by Crippen LogP contribution is -2.17. The first kappa shape index (κ1) is 13.0.